The number of nitrogen functional groups attached to an aromatic ring is 1. The van der Waals surface area contributed by atoms with E-state index in [1.807, 2.05) is 6.92 Å². The standard InChI is InChI=1S/C10H13N5O2S/c1-2-15-7-9(10(11)13-15)18(16,17)14-8-4-3-5-12-6-8/h3-7,14H,2H2,1H3,(H2,11,13). The highest BCUT2D eigenvalue weighted by Crippen LogP contribution is 2.19. The van der Waals surface area contributed by atoms with E-state index in [0.29, 0.717) is 12.2 Å². The summed E-state index contributed by atoms with van der Waals surface area (Å²) < 4.78 is 28.0. The summed E-state index contributed by atoms with van der Waals surface area (Å²) in [5.74, 6) is -0.0201. The predicted octanol–water partition coefficient (Wildman–Crippen LogP) is 0.681. The topological polar surface area (TPSA) is 103 Å². The molecule has 0 aliphatic carbocycles. The van der Waals surface area contributed by atoms with Crippen LogP contribution in [0.2, 0.25) is 0 Å². The molecule has 2 aromatic heterocycles. The van der Waals surface area contributed by atoms with Crippen molar-refractivity contribution < 1.29 is 8.42 Å². The van der Waals surface area contributed by atoms with Crippen LogP contribution in [0.5, 0.6) is 0 Å². The van der Waals surface area contributed by atoms with Crippen LogP contribution in [-0.2, 0) is 16.6 Å². The average molecular weight is 267 g/mol. The average Bonchev–Trinajstić information content (AvgIpc) is 2.72. The minimum Gasteiger partial charge on any atom is -0.381 e. The number of hydrogen-bond acceptors (Lipinski definition) is 5. The van der Waals surface area contributed by atoms with E-state index in [9.17, 15) is 8.42 Å². The first-order valence-corrected chi connectivity index (χ1v) is 6.77. The largest absolute Gasteiger partial charge is 0.381 e. The van der Waals surface area contributed by atoms with Gasteiger partial charge in [-0.3, -0.25) is 14.4 Å². The number of aryl methyl sites for hydroxylation is 1. The van der Waals surface area contributed by atoms with Crippen LogP contribution in [0, 0.1) is 0 Å². The molecule has 96 valence electrons. The van der Waals surface area contributed by atoms with E-state index in [1.165, 1.54) is 17.1 Å². The first kappa shape index (κ1) is 12.4. The van der Waals surface area contributed by atoms with Crippen LogP contribution in [0.1, 0.15) is 6.92 Å². The monoisotopic (exact) mass is 267 g/mol. The van der Waals surface area contributed by atoms with E-state index in [4.69, 9.17) is 5.73 Å². The smallest absolute Gasteiger partial charge is 0.267 e. The molecule has 0 amide bonds. The fraction of sp³-hybridized carbons (Fsp3) is 0.200. The maximum Gasteiger partial charge on any atom is 0.267 e. The lowest BCUT2D eigenvalue weighted by molar-refractivity contribution is 0.600. The molecule has 0 spiro atoms. The van der Waals surface area contributed by atoms with Gasteiger partial charge in [-0.15, -0.1) is 0 Å². The molecule has 0 unspecified atom stereocenters. The van der Waals surface area contributed by atoms with Gasteiger partial charge in [-0.25, -0.2) is 8.42 Å². The fourth-order valence-corrected chi connectivity index (χ4v) is 2.54. The number of nitrogens with two attached hydrogens (primary N) is 1. The molecule has 0 saturated carbocycles. The SMILES string of the molecule is CCn1cc(S(=O)(=O)Nc2cccnc2)c(N)n1. The maximum absolute atomic E-state index is 12.1. The zero-order valence-corrected chi connectivity index (χ0v) is 10.6. The molecule has 2 rings (SSSR count). The molecular weight excluding hydrogens is 254 g/mol. The van der Waals surface area contributed by atoms with Crippen molar-refractivity contribution in [2.24, 2.45) is 0 Å². The van der Waals surface area contributed by atoms with Crippen LogP contribution >= 0.6 is 0 Å². The first-order valence-electron chi connectivity index (χ1n) is 5.28. The maximum atomic E-state index is 12.1. The summed E-state index contributed by atoms with van der Waals surface area (Å²) in [6.07, 6.45) is 4.37. The van der Waals surface area contributed by atoms with Gasteiger partial charge >= 0.3 is 0 Å². The Morgan fingerprint density at radius 3 is 2.83 bits per heavy atom. The third-order valence-electron chi connectivity index (χ3n) is 2.28. The van der Waals surface area contributed by atoms with Crippen LogP contribution in [-0.4, -0.2) is 23.2 Å². The van der Waals surface area contributed by atoms with Gasteiger partial charge < -0.3 is 5.73 Å². The Hall–Kier alpha value is -2.09. The molecule has 0 atom stereocenters. The van der Waals surface area contributed by atoms with Crippen LogP contribution in [0.15, 0.2) is 35.6 Å². The Morgan fingerprint density at radius 1 is 1.50 bits per heavy atom. The number of rotatable bonds is 4. The summed E-state index contributed by atoms with van der Waals surface area (Å²) in [4.78, 5) is 3.79. The van der Waals surface area contributed by atoms with E-state index >= 15 is 0 Å². The van der Waals surface area contributed by atoms with Crippen molar-refractivity contribution in [3.63, 3.8) is 0 Å². The summed E-state index contributed by atoms with van der Waals surface area (Å²) in [5, 5.41) is 3.90. The van der Waals surface area contributed by atoms with E-state index in [1.54, 1.807) is 18.3 Å². The van der Waals surface area contributed by atoms with E-state index < -0.39 is 10.0 Å². The van der Waals surface area contributed by atoms with E-state index in [2.05, 4.69) is 14.8 Å². The van der Waals surface area contributed by atoms with Gasteiger partial charge in [0.2, 0.25) is 0 Å². The Morgan fingerprint density at radius 2 is 2.28 bits per heavy atom. The van der Waals surface area contributed by atoms with Crippen LogP contribution in [0.3, 0.4) is 0 Å². The molecule has 2 heterocycles. The molecule has 0 bridgehead atoms. The normalized spacial score (nSPS) is 11.4. The van der Waals surface area contributed by atoms with Gasteiger partial charge in [0.15, 0.2) is 5.82 Å². The summed E-state index contributed by atoms with van der Waals surface area (Å²) in [6, 6.07) is 3.24. The van der Waals surface area contributed by atoms with E-state index in [-0.39, 0.29) is 10.7 Å². The molecule has 18 heavy (non-hydrogen) atoms. The van der Waals surface area contributed by atoms with Crippen molar-refractivity contribution in [3.8, 4) is 0 Å². The number of hydrogen-bond donors (Lipinski definition) is 2. The van der Waals surface area contributed by atoms with E-state index in [0.717, 1.165) is 0 Å². The van der Waals surface area contributed by atoms with Crippen molar-refractivity contribution in [3.05, 3.63) is 30.7 Å². The quantitative estimate of drug-likeness (QED) is 0.848. The van der Waals surface area contributed by atoms with Crippen molar-refractivity contribution in [1.29, 1.82) is 0 Å². The second kappa shape index (κ2) is 4.65. The van der Waals surface area contributed by atoms with Crippen LogP contribution < -0.4 is 10.5 Å². The molecule has 7 nitrogen and oxygen atoms in total. The number of nitrogens with zero attached hydrogens (tertiary/aromatic N) is 3. The van der Waals surface area contributed by atoms with Gasteiger partial charge in [-0.1, -0.05) is 0 Å². The second-order valence-corrected chi connectivity index (χ2v) is 5.23. The third kappa shape index (κ3) is 2.43. The fourth-order valence-electron chi connectivity index (χ4n) is 1.42. The molecule has 0 saturated heterocycles. The molecule has 2 aromatic rings. The molecule has 0 aliphatic rings. The Balaban J connectivity index is 2.34. The lowest BCUT2D eigenvalue weighted by Gasteiger charge is -2.05. The molecule has 0 aromatic carbocycles. The van der Waals surface area contributed by atoms with Gasteiger partial charge in [0, 0.05) is 18.9 Å². The molecule has 3 N–H and O–H groups in total. The minimum atomic E-state index is -3.73. The highest BCUT2D eigenvalue weighted by molar-refractivity contribution is 7.92. The summed E-state index contributed by atoms with van der Waals surface area (Å²) in [6.45, 7) is 2.39. The Bertz CT molecular complexity index is 636. The van der Waals surface area contributed by atoms with Gasteiger partial charge in [0.1, 0.15) is 4.90 Å². The number of aromatic nitrogens is 3. The number of pyridine rings is 1. The molecular formula is C10H13N5O2S. The minimum absolute atomic E-state index is 0.0201. The molecule has 0 radical (unpaired) electrons. The van der Waals surface area contributed by atoms with Gasteiger partial charge in [-0.2, -0.15) is 5.10 Å². The lowest BCUT2D eigenvalue weighted by atomic mass is 10.4. The second-order valence-electron chi connectivity index (χ2n) is 3.58. The summed E-state index contributed by atoms with van der Waals surface area (Å²) in [5.41, 5.74) is 5.97. The van der Waals surface area contributed by atoms with Gasteiger partial charge in [-0.05, 0) is 19.1 Å². The van der Waals surface area contributed by atoms with Gasteiger partial charge in [0.05, 0.1) is 11.9 Å². The predicted molar refractivity (Wildman–Crippen MR) is 67.4 cm³/mol. The number of nitrogens with one attached hydrogen (secondary N) is 1. The molecule has 8 heteroatoms. The van der Waals surface area contributed by atoms with Crippen molar-refractivity contribution in [2.45, 2.75) is 18.4 Å². The highest BCUT2D eigenvalue weighted by Gasteiger charge is 2.21. The third-order valence-corrected chi connectivity index (χ3v) is 3.68. The highest BCUT2D eigenvalue weighted by atomic mass is 32.2. The summed E-state index contributed by atoms with van der Waals surface area (Å²) in [7, 11) is -3.73. The van der Waals surface area contributed by atoms with Crippen molar-refractivity contribution >= 4 is 21.5 Å². The molecule has 0 fully saturated rings. The lowest BCUT2D eigenvalue weighted by Crippen LogP contribution is -2.13. The van der Waals surface area contributed by atoms with Crippen LogP contribution in [0.4, 0.5) is 11.5 Å². The first-order chi connectivity index (χ1) is 8.53. The molecule has 0 aliphatic heterocycles. The van der Waals surface area contributed by atoms with Crippen LogP contribution in [0.25, 0.3) is 0 Å². The van der Waals surface area contributed by atoms with Crippen molar-refractivity contribution in [2.75, 3.05) is 10.5 Å². The number of anilines is 2. The zero-order chi connectivity index (χ0) is 13.2. The Kier molecular flexibility index (Phi) is 3.19. The zero-order valence-electron chi connectivity index (χ0n) is 9.74. The summed E-state index contributed by atoms with van der Waals surface area (Å²) >= 11 is 0. The Labute approximate surface area is 105 Å². The number of sulfonamides is 1. The van der Waals surface area contributed by atoms with Gasteiger partial charge in [0.25, 0.3) is 10.0 Å². The van der Waals surface area contributed by atoms with Crippen molar-refractivity contribution in [1.82, 2.24) is 14.8 Å².